The van der Waals surface area contributed by atoms with Gasteiger partial charge in [-0.1, -0.05) is 6.58 Å². The Morgan fingerprint density at radius 3 is 2.60 bits per heavy atom. The maximum atomic E-state index is 13.9. The predicted molar refractivity (Wildman–Crippen MR) is 70.8 cm³/mol. The van der Waals surface area contributed by atoms with Crippen molar-refractivity contribution in [1.82, 2.24) is 10.3 Å². The van der Waals surface area contributed by atoms with E-state index in [1.165, 1.54) is 12.4 Å². The van der Waals surface area contributed by atoms with Crippen LogP contribution in [0.3, 0.4) is 0 Å². The highest BCUT2D eigenvalue weighted by molar-refractivity contribution is 5.87. The molecular weight excluding hydrogens is 262 g/mol. The molecule has 5 heteroatoms. The second-order valence-electron chi connectivity index (χ2n) is 4.09. The number of rotatable bonds is 4. The van der Waals surface area contributed by atoms with Crippen molar-refractivity contribution in [2.24, 2.45) is 0 Å². The molecule has 0 aliphatic carbocycles. The molecule has 0 radical (unpaired) electrons. The quantitative estimate of drug-likeness (QED) is 0.871. The van der Waals surface area contributed by atoms with E-state index in [4.69, 9.17) is 0 Å². The van der Waals surface area contributed by atoms with Crippen LogP contribution in [-0.4, -0.2) is 10.9 Å². The highest BCUT2D eigenvalue weighted by Gasteiger charge is 2.20. The molecule has 0 saturated heterocycles. The molecule has 0 aliphatic heterocycles. The van der Waals surface area contributed by atoms with E-state index in [0.717, 1.165) is 24.3 Å². The van der Waals surface area contributed by atoms with E-state index in [9.17, 15) is 13.6 Å². The molecule has 20 heavy (non-hydrogen) atoms. The fourth-order valence-electron chi connectivity index (χ4n) is 1.83. The van der Waals surface area contributed by atoms with Crippen LogP contribution in [0.2, 0.25) is 0 Å². The van der Waals surface area contributed by atoms with Gasteiger partial charge in [-0.2, -0.15) is 0 Å². The molecule has 0 spiro atoms. The summed E-state index contributed by atoms with van der Waals surface area (Å²) in [4.78, 5) is 15.4. The standard InChI is InChI=1S/C15H12F2N2O/c1-2-14(20)19-15(10-5-7-18-8-6-10)12-9-11(16)3-4-13(12)17/h2-9,15H,1H2,(H,19,20). The van der Waals surface area contributed by atoms with Gasteiger partial charge in [0.25, 0.3) is 0 Å². The molecular formula is C15H12F2N2O. The van der Waals surface area contributed by atoms with Gasteiger partial charge in [-0.15, -0.1) is 0 Å². The third kappa shape index (κ3) is 3.06. The number of carbonyl (C=O) groups excluding carboxylic acids is 1. The van der Waals surface area contributed by atoms with E-state index in [0.29, 0.717) is 5.56 Å². The molecule has 1 aromatic heterocycles. The van der Waals surface area contributed by atoms with Crippen molar-refractivity contribution in [3.05, 3.63) is 78.1 Å². The highest BCUT2D eigenvalue weighted by Crippen LogP contribution is 2.24. The summed E-state index contributed by atoms with van der Waals surface area (Å²) in [5.74, 6) is -1.65. The number of hydrogen-bond acceptors (Lipinski definition) is 2. The van der Waals surface area contributed by atoms with Crippen LogP contribution in [0.1, 0.15) is 17.2 Å². The van der Waals surface area contributed by atoms with Crippen molar-refractivity contribution in [3.63, 3.8) is 0 Å². The molecule has 1 heterocycles. The average Bonchev–Trinajstić information content (AvgIpc) is 2.48. The monoisotopic (exact) mass is 274 g/mol. The summed E-state index contributed by atoms with van der Waals surface area (Å²) in [6.45, 7) is 3.35. The molecule has 0 fully saturated rings. The third-order valence-corrected chi connectivity index (χ3v) is 2.78. The molecule has 1 N–H and O–H groups in total. The van der Waals surface area contributed by atoms with Gasteiger partial charge in [-0.05, 0) is 42.0 Å². The minimum Gasteiger partial charge on any atom is -0.342 e. The zero-order valence-corrected chi connectivity index (χ0v) is 10.5. The Bertz CT molecular complexity index is 629. The number of nitrogens with zero attached hydrogens (tertiary/aromatic N) is 1. The minimum atomic E-state index is -0.806. The Morgan fingerprint density at radius 1 is 1.25 bits per heavy atom. The fraction of sp³-hybridized carbons (Fsp3) is 0.0667. The molecule has 1 unspecified atom stereocenters. The molecule has 0 saturated carbocycles. The summed E-state index contributed by atoms with van der Waals surface area (Å²) in [5, 5.41) is 2.58. The van der Waals surface area contributed by atoms with Crippen LogP contribution in [-0.2, 0) is 4.79 Å². The van der Waals surface area contributed by atoms with Gasteiger partial charge >= 0.3 is 0 Å². The maximum Gasteiger partial charge on any atom is 0.244 e. The van der Waals surface area contributed by atoms with E-state index in [2.05, 4.69) is 16.9 Å². The first kappa shape index (κ1) is 13.9. The number of halogens is 2. The Hall–Kier alpha value is -2.56. The summed E-state index contributed by atoms with van der Waals surface area (Å²) in [7, 11) is 0. The molecule has 0 aliphatic rings. The first-order valence-electron chi connectivity index (χ1n) is 5.89. The first-order chi connectivity index (χ1) is 9.61. The van der Waals surface area contributed by atoms with Crippen LogP contribution in [0.25, 0.3) is 0 Å². The zero-order chi connectivity index (χ0) is 14.5. The van der Waals surface area contributed by atoms with E-state index in [-0.39, 0.29) is 5.56 Å². The van der Waals surface area contributed by atoms with Crippen molar-refractivity contribution >= 4 is 5.91 Å². The van der Waals surface area contributed by atoms with Crippen LogP contribution >= 0.6 is 0 Å². The lowest BCUT2D eigenvalue weighted by Crippen LogP contribution is -2.28. The van der Waals surface area contributed by atoms with E-state index >= 15 is 0 Å². The van der Waals surface area contributed by atoms with Gasteiger partial charge in [0.05, 0.1) is 6.04 Å². The van der Waals surface area contributed by atoms with Crippen molar-refractivity contribution in [1.29, 1.82) is 0 Å². The maximum absolute atomic E-state index is 13.9. The van der Waals surface area contributed by atoms with Gasteiger partial charge in [0, 0.05) is 18.0 Å². The molecule has 0 bridgehead atoms. The van der Waals surface area contributed by atoms with Gasteiger partial charge in [0.15, 0.2) is 0 Å². The number of amides is 1. The number of pyridine rings is 1. The van der Waals surface area contributed by atoms with Gasteiger partial charge in [0.2, 0.25) is 5.91 Å². The normalized spacial score (nSPS) is 11.7. The van der Waals surface area contributed by atoms with Crippen molar-refractivity contribution in [2.45, 2.75) is 6.04 Å². The topological polar surface area (TPSA) is 42.0 Å². The van der Waals surface area contributed by atoms with E-state index < -0.39 is 23.6 Å². The smallest absolute Gasteiger partial charge is 0.244 e. The number of carbonyl (C=O) groups is 1. The molecule has 1 aromatic carbocycles. The van der Waals surface area contributed by atoms with Crippen LogP contribution in [0.5, 0.6) is 0 Å². The van der Waals surface area contributed by atoms with E-state index in [1.807, 2.05) is 0 Å². The van der Waals surface area contributed by atoms with Gasteiger partial charge in [-0.3, -0.25) is 9.78 Å². The Balaban J connectivity index is 2.48. The summed E-state index contributed by atoms with van der Waals surface area (Å²) in [6.07, 6.45) is 4.10. The molecule has 102 valence electrons. The lowest BCUT2D eigenvalue weighted by Gasteiger charge is -2.19. The minimum absolute atomic E-state index is 0.0476. The third-order valence-electron chi connectivity index (χ3n) is 2.78. The number of benzene rings is 1. The second-order valence-corrected chi connectivity index (χ2v) is 4.09. The molecule has 3 nitrogen and oxygen atoms in total. The number of hydrogen-bond donors (Lipinski definition) is 1. The SMILES string of the molecule is C=CC(=O)NC(c1ccncc1)c1cc(F)ccc1F. The summed E-state index contributed by atoms with van der Waals surface area (Å²) < 4.78 is 27.2. The Labute approximate surface area is 115 Å². The van der Waals surface area contributed by atoms with Crippen molar-refractivity contribution < 1.29 is 13.6 Å². The highest BCUT2D eigenvalue weighted by atomic mass is 19.1. The Morgan fingerprint density at radius 2 is 1.95 bits per heavy atom. The summed E-state index contributed by atoms with van der Waals surface area (Å²) in [6, 6.07) is 5.55. The van der Waals surface area contributed by atoms with Crippen molar-refractivity contribution in [3.8, 4) is 0 Å². The van der Waals surface area contributed by atoms with E-state index in [1.54, 1.807) is 12.1 Å². The number of nitrogens with one attached hydrogen (secondary N) is 1. The van der Waals surface area contributed by atoms with Gasteiger partial charge in [-0.25, -0.2) is 8.78 Å². The molecule has 1 amide bonds. The van der Waals surface area contributed by atoms with Crippen LogP contribution in [0.4, 0.5) is 8.78 Å². The fourth-order valence-corrected chi connectivity index (χ4v) is 1.83. The second kappa shape index (κ2) is 6.06. The average molecular weight is 274 g/mol. The molecule has 1 atom stereocenters. The van der Waals surface area contributed by atoms with Crippen LogP contribution in [0, 0.1) is 11.6 Å². The van der Waals surface area contributed by atoms with Crippen LogP contribution < -0.4 is 5.32 Å². The van der Waals surface area contributed by atoms with Crippen molar-refractivity contribution in [2.75, 3.05) is 0 Å². The lowest BCUT2D eigenvalue weighted by molar-refractivity contribution is -0.117. The van der Waals surface area contributed by atoms with Crippen LogP contribution in [0.15, 0.2) is 55.4 Å². The molecule has 2 aromatic rings. The largest absolute Gasteiger partial charge is 0.342 e. The van der Waals surface area contributed by atoms with Gasteiger partial charge < -0.3 is 5.32 Å². The molecule has 2 rings (SSSR count). The first-order valence-corrected chi connectivity index (χ1v) is 5.89. The predicted octanol–water partition coefficient (Wildman–Crippen LogP) is 2.75. The van der Waals surface area contributed by atoms with Gasteiger partial charge in [0.1, 0.15) is 11.6 Å². The Kier molecular flexibility index (Phi) is 4.20. The zero-order valence-electron chi connectivity index (χ0n) is 10.5. The number of aromatic nitrogens is 1. The summed E-state index contributed by atoms with van der Waals surface area (Å²) >= 11 is 0. The summed E-state index contributed by atoms with van der Waals surface area (Å²) in [5.41, 5.74) is 0.645. The lowest BCUT2D eigenvalue weighted by atomic mass is 9.99.